The summed E-state index contributed by atoms with van der Waals surface area (Å²) in [5.74, 6) is 1.05. The highest BCUT2D eigenvalue weighted by atomic mass is 16.5. The number of hydrogen-bond acceptors (Lipinski definition) is 7. The molecule has 1 unspecified atom stereocenters. The SMILES string of the molecule is Cc1nc(COc2ccccc2C(=O)Nc2cnn(C3CCOC3)c2C)no1. The van der Waals surface area contributed by atoms with Crippen LogP contribution in [-0.4, -0.2) is 39.0 Å². The standard InChI is InChI=1S/C19H21N5O4/c1-12-16(9-20-24(12)14-7-8-26-10-14)22-19(25)15-5-3-4-6-17(15)27-11-18-21-13(2)28-23-18/h3-6,9,14H,7-8,10-11H2,1-2H3,(H,22,25). The third-order valence-corrected chi connectivity index (χ3v) is 4.60. The Morgan fingerprint density at radius 3 is 2.96 bits per heavy atom. The van der Waals surface area contributed by atoms with E-state index < -0.39 is 0 Å². The first kappa shape index (κ1) is 18.2. The van der Waals surface area contributed by atoms with Crippen LogP contribution in [0.15, 0.2) is 35.0 Å². The van der Waals surface area contributed by atoms with E-state index in [4.69, 9.17) is 14.0 Å². The van der Waals surface area contributed by atoms with E-state index in [9.17, 15) is 4.79 Å². The summed E-state index contributed by atoms with van der Waals surface area (Å²) in [5.41, 5.74) is 1.98. The summed E-state index contributed by atoms with van der Waals surface area (Å²) in [5, 5.41) is 11.1. The molecule has 0 aliphatic carbocycles. The molecule has 1 aliphatic heterocycles. The number of carbonyl (C=O) groups is 1. The molecule has 9 nitrogen and oxygen atoms in total. The Morgan fingerprint density at radius 1 is 1.36 bits per heavy atom. The van der Waals surface area contributed by atoms with Gasteiger partial charge in [0, 0.05) is 13.5 Å². The minimum atomic E-state index is -0.273. The molecule has 1 atom stereocenters. The number of aromatic nitrogens is 4. The zero-order valence-corrected chi connectivity index (χ0v) is 15.7. The molecule has 1 fully saturated rings. The van der Waals surface area contributed by atoms with Crippen molar-refractivity contribution < 1.29 is 18.8 Å². The fourth-order valence-electron chi connectivity index (χ4n) is 3.14. The van der Waals surface area contributed by atoms with E-state index in [0.29, 0.717) is 35.3 Å². The molecule has 1 aliphatic rings. The average molecular weight is 383 g/mol. The van der Waals surface area contributed by atoms with E-state index in [1.165, 1.54) is 0 Å². The lowest BCUT2D eigenvalue weighted by molar-refractivity contribution is 0.102. The van der Waals surface area contributed by atoms with Gasteiger partial charge in [0.15, 0.2) is 6.61 Å². The van der Waals surface area contributed by atoms with Gasteiger partial charge < -0.3 is 19.3 Å². The van der Waals surface area contributed by atoms with E-state index in [-0.39, 0.29) is 18.6 Å². The van der Waals surface area contributed by atoms with Crippen LogP contribution >= 0.6 is 0 Å². The Morgan fingerprint density at radius 2 is 2.21 bits per heavy atom. The second kappa shape index (κ2) is 7.81. The molecule has 2 aromatic heterocycles. The lowest BCUT2D eigenvalue weighted by Gasteiger charge is -2.12. The number of hydrogen-bond donors (Lipinski definition) is 1. The minimum Gasteiger partial charge on any atom is -0.485 e. The molecule has 146 valence electrons. The molecule has 0 saturated carbocycles. The van der Waals surface area contributed by atoms with Crippen LogP contribution in [0.1, 0.15) is 40.2 Å². The third kappa shape index (κ3) is 3.74. The van der Waals surface area contributed by atoms with Gasteiger partial charge in [0.05, 0.1) is 35.8 Å². The Bertz CT molecular complexity index is 974. The van der Waals surface area contributed by atoms with Gasteiger partial charge in [0.1, 0.15) is 5.75 Å². The number of ether oxygens (including phenoxy) is 2. The molecular weight excluding hydrogens is 362 g/mol. The first-order chi connectivity index (χ1) is 13.6. The van der Waals surface area contributed by atoms with Gasteiger partial charge in [-0.1, -0.05) is 17.3 Å². The number of benzene rings is 1. The van der Waals surface area contributed by atoms with Crippen LogP contribution < -0.4 is 10.1 Å². The highest BCUT2D eigenvalue weighted by molar-refractivity contribution is 6.06. The Kier molecular flexibility index (Phi) is 5.07. The molecule has 1 amide bonds. The third-order valence-electron chi connectivity index (χ3n) is 4.60. The second-order valence-corrected chi connectivity index (χ2v) is 6.57. The number of aryl methyl sites for hydroxylation is 1. The highest BCUT2D eigenvalue weighted by Crippen LogP contribution is 2.25. The van der Waals surface area contributed by atoms with E-state index in [2.05, 4.69) is 20.6 Å². The predicted molar refractivity (Wildman–Crippen MR) is 99.2 cm³/mol. The minimum absolute atomic E-state index is 0.111. The maximum atomic E-state index is 12.8. The molecule has 3 aromatic rings. The zero-order valence-electron chi connectivity index (χ0n) is 15.7. The Balaban J connectivity index is 1.48. The molecule has 0 radical (unpaired) electrons. The summed E-state index contributed by atoms with van der Waals surface area (Å²) >= 11 is 0. The smallest absolute Gasteiger partial charge is 0.259 e. The van der Waals surface area contributed by atoms with Gasteiger partial charge in [0.2, 0.25) is 11.7 Å². The number of para-hydroxylation sites is 1. The Labute approximate surface area is 161 Å². The predicted octanol–water partition coefficient (Wildman–Crippen LogP) is 2.68. The van der Waals surface area contributed by atoms with E-state index >= 15 is 0 Å². The van der Waals surface area contributed by atoms with Crippen molar-refractivity contribution in [2.75, 3.05) is 18.5 Å². The summed E-state index contributed by atoms with van der Waals surface area (Å²) in [7, 11) is 0. The van der Waals surface area contributed by atoms with E-state index in [1.54, 1.807) is 37.4 Å². The second-order valence-electron chi connectivity index (χ2n) is 6.57. The normalized spacial score (nSPS) is 16.3. The van der Waals surface area contributed by atoms with Crippen LogP contribution in [0.4, 0.5) is 5.69 Å². The van der Waals surface area contributed by atoms with Gasteiger partial charge in [-0.15, -0.1) is 0 Å². The lowest BCUT2D eigenvalue weighted by Crippen LogP contribution is -2.15. The van der Waals surface area contributed by atoms with Gasteiger partial charge in [-0.2, -0.15) is 10.1 Å². The van der Waals surface area contributed by atoms with Crippen LogP contribution in [0.5, 0.6) is 5.75 Å². The summed E-state index contributed by atoms with van der Waals surface area (Å²) in [4.78, 5) is 16.9. The molecule has 1 saturated heterocycles. The molecule has 4 rings (SSSR count). The number of rotatable bonds is 6. The van der Waals surface area contributed by atoms with Gasteiger partial charge >= 0.3 is 0 Å². The summed E-state index contributed by atoms with van der Waals surface area (Å²) in [6, 6.07) is 7.23. The monoisotopic (exact) mass is 383 g/mol. The van der Waals surface area contributed by atoms with Crippen molar-refractivity contribution in [3.05, 3.63) is 53.4 Å². The molecule has 0 bridgehead atoms. The summed E-state index contributed by atoms with van der Waals surface area (Å²) < 4.78 is 18.0. The molecular formula is C19H21N5O4. The largest absolute Gasteiger partial charge is 0.485 e. The maximum absolute atomic E-state index is 12.8. The van der Waals surface area contributed by atoms with Crippen LogP contribution in [0.2, 0.25) is 0 Å². The topological polar surface area (TPSA) is 104 Å². The molecule has 28 heavy (non-hydrogen) atoms. The van der Waals surface area contributed by atoms with Gasteiger partial charge in [-0.25, -0.2) is 0 Å². The van der Waals surface area contributed by atoms with E-state index in [0.717, 1.165) is 18.7 Å². The maximum Gasteiger partial charge on any atom is 0.259 e. The van der Waals surface area contributed by atoms with Crippen molar-refractivity contribution in [1.82, 2.24) is 19.9 Å². The molecule has 9 heteroatoms. The van der Waals surface area contributed by atoms with Crippen LogP contribution in [0.3, 0.4) is 0 Å². The summed E-state index contributed by atoms with van der Waals surface area (Å²) in [6.07, 6.45) is 2.58. The number of nitrogens with one attached hydrogen (secondary N) is 1. The lowest BCUT2D eigenvalue weighted by atomic mass is 10.2. The van der Waals surface area contributed by atoms with Crippen molar-refractivity contribution in [1.29, 1.82) is 0 Å². The zero-order chi connectivity index (χ0) is 19.5. The molecule has 0 spiro atoms. The molecule has 3 heterocycles. The van der Waals surface area contributed by atoms with Crippen molar-refractivity contribution in [3.8, 4) is 5.75 Å². The van der Waals surface area contributed by atoms with Crippen molar-refractivity contribution in [2.45, 2.75) is 32.9 Å². The van der Waals surface area contributed by atoms with E-state index in [1.807, 2.05) is 11.6 Å². The van der Waals surface area contributed by atoms with Crippen LogP contribution in [0.25, 0.3) is 0 Å². The van der Waals surface area contributed by atoms with Gasteiger partial charge in [-0.05, 0) is 25.5 Å². The number of anilines is 1. The summed E-state index contributed by atoms with van der Waals surface area (Å²) in [6.45, 7) is 5.12. The fourth-order valence-corrected chi connectivity index (χ4v) is 3.14. The average Bonchev–Trinajstić information content (AvgIpc) is 3.43. The van der Waals surface area contributed by atoms with Crippen LogP contribution in [-0.2, 0) is 11.3 Å². The molecule has 1 aromatic carbocycles. The van der Waals surface area contributed by atoms with Gasteiger partial charge in [0.25, 0.3) is 5.91 Å². The quantitative estimate of drug-likeness (QED) is 0.698. The first-order valence-corrected chi connectivity index (χ1v) is 9.06. The van der Waals surface area contributed by atoms with Crippen LogP contribution in [0, 0.1) is 13.8 Å². The number of amides is 1. The highest BCUT2D eigenvalue weighted by Gasteiger charge is 2.22. The van der Waals surface area contributed by atoms with Crippen molar-refractivity contribution in [3.63, 3.8) is 0 Å². The molecule has 1 N–H and O–H groups in total. The number of nitrogens with zero attached hydrogens (tertiary/aromatic N) is 4. The fraction of sp³-hybridized carbons (Fsp3) is 0.368. The first-order valence-electron chi connectivity index (χ1n) is 9.06. The van der Waals surface area contributed by atoms with Crippen molar-refractivity contribution in [2.24, 2.45) is 0 Å². The number of carbonyl (C=O) groups excluding carboxylic acids is 1. The van der Waals surface area contributed by atoms with Gasteiger partial charge in [-0.3, -0.25) is 9.48 Å². The van der Waals surface area contributed by atoms with Crippen molar-refractivity contribution >= 4 is 11.6 Å². The Hall–Kier alpha value is -3.20.